The van der Waals surface area contributed by atoms with Crippen LogP contribution in [-0.2, 0) is 33.6 Å². The van der Waals surface area contributed by atoms with E-state index in [1.54, 1.807) is 18.2 Å². The highest BCUT2D eigenvalue weighted by molar-refractivity contribution is 7.83. The predicted molar refractivity (Wildman–Crippen MR) is 78.6 cm³/mol. The summed E-state index contributed by atoms with van der Waals surface area (Å²) in [5.74, 6) is -0.106. The predicted octanol–water partition coefficient (Wildman–Crippen LogP) is 3.28. The summed E-state index contributed by atoms with van der Waals surface area (Å²) >= 11 is 0. The molecule has 6 heteroatoms. The molecule has 0 unspecified atom stereocenters. The topological polar surface area (TPSA) is 35.5 Å². The van der Waals surface area contributed by atoms with E-state index in [4.69, 9.17) is 9.47 Å². The third-order valence-electron chi connectivity index (χ3n) is 3.34. The van der Waals surface area contributed by atoms with Crippen molar-refractivity contribution in [2.75, 3.05) is 6.79 Å². The fourth-order valence-electron chi connectivity index (χ4n) is 2.38. The third kappa shape index (κ3) is 3.34. The van der Waals surface area contributed by atoms with Gasteiger partial charge >= 0.3 is 0 Å². The first-order chi connectivity index (χ1) is 10.6. The Balaban J connectivity index is 1.80. The zero-order valence-electron chi connectivity index (χ0n) is 11.7. The summed E-state index contributed by atoms with van der Waals surface area (Å²) in [6.07, 6.45) is 0. The van der Waals surface area contributed by atoms with Gasteiger partial charge in [0.05, 0.1) is 18.1 Å². The van der Waals surface area contributed by atoms with Crippen molar-refractivity contribution in [2.45, 2.75) is 18.1 Å². The summed E-state index contributed by atoms with van der Waals surface area (Å²) in [5.41, 5.74) is 1.51. The van der Waals surface area contributed by atoms with Crippen LogP contribution in [0.3, 0.4) is 0 Å². The number of hydrogen-bond acceptors (Lipinski definition) is 3. The quantitative estimate of drug-likeness (QED) is 0.866. The molecule has 116 valence electrons. The van der Waals surface area contributed by atoms with E-state index < -0.39 is 16.6 Å². The lowest BCUT2D eigenvalue weighted by Crippen LogP contribution is -2.14. The zero-order valence-corrected chi connectivity index (χ0v) is 12.5. The molecule has 0 amide bonds. The second-order valence-corrected chi connectivity index (χ2v) is 6.44. The van der Waals surface area contributed by atoms with E-state index in [2.05, 4.69) is 0 Å². The van der Waals surface area contributed by atoms with Gasteiger partial charge in [-0.05, 0) is 18.2 Å². The van der Waals surface area contributed by atoms with E-state index in [1.165, 1.54) is 18.2 Å². The van der Waals surface area contributed by atoms with Gasteiger partial charge in [-0.25, -0.2) is 8.78 Å². The first-order valence-corrected chi connectivity index (χ1v) is 8.22. The summed E-state index contributed by atoms with van der Waals surface area (Å²) in [5, 5.41) is 0. The van der Waals surface area contributed by atoms with Gasteiger partial charge in [-0.2, -0.15) is 0 Å². The van der Waals surface area contributed by atoms with Crippen molar-refractivity contribution in [2.24, 2.45) is 0 Å². The Morgan fingerprint density at radius 1 is 1.09 bits per heavy atom. The Morgan fingerprint density at radius 3 is 2.68 bits per heavy atom. The minimum absolute atomic E-state index is 0.0778. The van der Waals surface area contributed by atoms with E-state index >= 15 is 0 Å². The maximum atomic E-state index is 13.6. The number of fused-ring (bicyclic) bond motifs is 1. The molecule has 0 saturated carbocycles. The van der Waals surface area contributed by atoms with Crippen LogP contribution in [0.15, 0.2) is 36.4 Å². The molecule has 3 nitrogen and oxygen atoms in total. The summed E-state index contributed by atoms with van der Waals surface area (Å²) < 4.78 is 50.0. The van der Waals surface area contributed by atoms with Crippen LogP contribution in [0.5, 0.6) is 5.75 Å². The molecule has 0 aliphatic carbocycles. The van der Waals surface area contributed by atoms with Gasteiger partial charge in [0.1, 0.15) is 17.4 Å². The van der Waals surface area contributed by atoms with Gasteiger partial charge in [0.15, 0.2) is 6.79 Å². The normalized spacial score (nSPS) is 15.0. The van der Waals surface area contributed by atoms with E-state index in [-0.39, 0.29) is 30.7 Å². The standard InChI is InChI=1S/C16H14F2O3S/c17-14-5-12-7-20-10-21-16(12)13(6-14)9-22(19)8-11-3-1-2-4-15(11)18/h1-6H,7-10H2/t22-/m1/s1. The minimum Gasteiger partial charge on any atom is -0.467 e. The number of benzene rings is 2. The van der Waals surface area contributed by atoms with Crippen molar-refractivity contribution in [3.8, 4) is 5.75 Å². The van der Waals surface area contributed by atoms with E-state index in [1.807, 2.05) is 0 Å². The van der Waals surface area contributed by atoms with Gasteiger partial charge in [-0.3, -0.25) is 4.21 Å². The van der Waals surface area contributed by atoms with Crippen LogP contribution in [0.25, 0.3) is 0 Å². The molecule has 1 aliphatic rings. The Kier molecular flexibility index (Phi) is 4.49. The molecular formula is C16H14F2O3S. The molecule has 2 aromatic carbocycles. The molecule has 0 fully saturated rings. The van der Waals surface area contributed by atoms with Crippen LogP contribution in [0.4, 0.5) is 8.78 Å². The molecule has 1 aliphatic heterocycles. The average Bonchev–Trinajstić information content (AvgIpc) is 2.49. The van der Waals surface area contributed by atoms with E-state index in [0.29, 0.717) is 22.4 Å². The molecule has 1 heterocycles. The Bertz CT molecular complexity index is 719. The van der Waals surface area contributed by atoms with Crippen LogP contribution >= 0.6 is 0 Å². The first-order valence-electron chi connectivity index (χ1n) is 6.73. The summed E-state index contributed by atoms with van der Waals surface area (Å²) in [6, 6.07) is 8.86. The van der Waals surface area contributed by atoms with Gasteiger partial charge in [0.25, 0.3) is 0 Å². The lowest BCUT2D eigenvalue weighted by Gasteiger charge is -2.20. The maximum Gasteiger partial charge on any atom is 0.189 e. The van der Waals surface area contributed by atoms with Crippen molar-refractivity contribution in [1.29, 1.82) is 0 Å². The molecule has 22 heavy (non-hydrogen) atoms. The molecule has 0 bridgehead atoms. The molecule has 3 rings (SSSR count). The fourth-order valence-corrected chi connectivity index (χ4v) is 3.62. The molecule has 0 aromatic heterocycles. The van der Waals surface area contributed by atoms with Gasteiger partial charge in [0, 0.05) is 27.5 Å². The molecule has 0 saturated heterocycles. The SMILES string of the molecule is O=[S@](Cc1ccccc1F)Cc1cc(F)cc2c1OCOC2. The third-order valence-corrected chi connectivity index (χ3v) is 4.61. The highest BCUT2D eigenvalue weighted by Gasteiger charge is 2.19. The van der Waals surface area contributed by atoms with Crippen LogP contribution in [0.1, 0.15) is 16.7 Å². The summed E-state index contributed by atoms with van der Waals surface area (Å²) in [6.45, 7) is 0.353. The number of ether oxygens (including phenoxy) is 2. The van der Waals surface area contributed by atoms with Crippen LogP contribution < -0.4 is 4.74 Å². The average molecular weight is 324 g/mol. The van der Waals surface area contributed by atoms with Crippen LogP contribution in [0, 0.1) is 11.6 Å². The minimum atomic E-state index is -1.37. The van der Waals surface area contributed by atoms with Crippen molar-refractivity contribution >= 4 is 10.8 Å². The second kappa shape index (κ2) is 6.54. The first kappa shape index (κ1) is 15.1. The van der Waals surface area contributed by atoms with Crippen molar-refractivity contribution in [3.05, 3.63) is 64.7 Å². The van der Waals surface area contributed by atoms with Gasteiger partial charge < -0.3 is 9.47 Å². The molecular weight excluding hydrogens is 310 g/mol. The van der Waals surface area contributed by atoms with Crippen molar-refractivity contribution in [1.82, 2.24) is 0 Å². The Hall–Kier alpha value is -1.79. The van der Waals surface area contributed by atoms with E-state index in [0.717, 1.165) is 0 Å². The summed E-state index contributed by atoms with van der Waals surface area (Å²) in [7, 11) is -1.37. The smallest absolute Gasteiger partial charge is 0.189 e. The Morgan fingerprint density at radius 2 is 1.86 bits per heavy atom. The lowest BCUT2D eigenvalue weighted by molar-refractivity contribution is -0.0171. The van der Waals surface area contributed by atoms with Crippen LogP contribution in [-0.4, -0.2) is 11.0 Å². The number of rotatable bonds is 4. The lowest BCUT2D eigenvalue weighted by atomic mass is 10.1. The largest absolute Gasteiger partial charge is 0.467 e. The maximum absolute atomic E-state index is 13.6. The van der Waals surface area contributed by atoms with Crippen molar-refractivity contribution in [3.63, 3.8) is 0 Å². The highest BCUT2D eigenvalue weighted by Crippen LogP contribution is 2.30. The van der Waals surface area contributed by atoms with Gasteiger partial charge in [-0.1, -0.05) is 18.2 Å². The van der Waals surface area contributed by atoms with Gasteiger partial charge in [0.2, 0.25) is 0 Å². The highest BCUT2D eigenvalue weighted by atomic mass is 32.2. The molecule has 0 radical (unpaired) electrons. The second-order valence-electron chi connectivity index (χ2n) is 4.98. The van der Waals surface area contributed by atoms with E-state index in [9.17, 15) is 13.0 Å². The van der Waals surface area contributed by atoms with Crippen molar-refractivity contribution < 1.29 is 22.5 Å². The Labute approximate surface area is 129 Å². The number of hydrogen-bond donors (Lipinski definition) is 0. The summed E-state index contributed by atoms with van der Waals surface area (Å²) in [4.78, 5) is 0. The molecule has 2 aromatic rings. The fraction of sp³-hybridized carbons (Fsp3) is 0.250. The molecule has 0 N–H and O–H groups in total. The molecule has 0 spiro atoms. The molecule has 1 atom stereocenters. The van der Waals surface area contributed by atoms with Gasteiger partial charge in [-0.15, -0.1) is 0 Å². The zero-order chi connectivity index (χ0) is 15.5. The van der Waals surface area contributed by atoms with Crippen LogP contribution in [0.2, 0.25) is 0 Å². The monoisotopic (exact) mass is 324 g/mol. The number of halogens is 2.